The van der Waals surface area contributed by atoms with Gasteiger partial charge in [-0.25, -0.2) is 24.3 Å². The molecule has 2 aliphatic carbocycles. The van der Waals surface area contributed by atoms with Gasteiger partial charge in [0.2, 0.25) is 0 Å². The maximum absolute atomic E-state index is 8.25. The van der Waals surface area contributed by atoms with Crippen LogP contribution >= 0.6 is 0 Å². The number of nitrogens with zero attached hydrogens (tertiary/aromatic N) is 1. The van der Waals surface area contributed by atoms with Crippen molar-refractivity contribution in [2.45, 2.75) is 12.8 Å². The van der Waals surface area contributed by atoms with E-state index in [1.54, 1.807) is 0 Å². The van der Waals surface area contributed by atoms with Crippen molar-refractivity contribution in [1.82, 2.24) is 0 Å². The topological polar surface area (TPSA) is 97.7 Å². The molecule has 2 N–H and O–H groups in total. The molecule has 2 aliphatic rings. The summed E-state index contributed by atoms with van der Waals surface area (Å²) in [5, 5.41) is 14.8. The first kappa shape index (κ1) is 20.4. The zero-order chi connectivity index (χ0) is 10.6. The van der Waals surface area contributed by atoms with E-state index in [-0.39, 0.29) is 31.7 Å². The average Bonchev–Trinajstić information content (AvgIpc) is 2.83. The summed E-state index contributed by atoms with van der Waals surface area (Å²) in [6.45, 7) is 0. The summed E-state index contributed by atoms with van der Waals surface area (Å²) in [5.41, 5.74) is 0. The third kappa shape index (κ3) is 23.1. The molecule has 0 heterocycles. The van der Waals surface area contributed by atoms with Gasteiger partial charge in [-0.15, -0.1) is 12.8 Å². The molecule has 0 aromatic rings. The van der Waals surface area contributed by atoms with E-state index in [0.29, 0.717) is 0 Å². The molecule has 0 spiro atoms. The SMILES string of the molecule is O.O=[N+]([O-])[O-].[C-]1=CC=CC1.[C-]1=CC=CC1.[Zr+3]. The van der Waals surface area contributed by atoms with Crippen LogP contribution in [0.25, 0.3) is 0 Å². The van der Waals surface area contributed by atoms with Crippen molar-refractivity contribution in [3.63, 3.8) is 0 Å². The van der Waals surface area contributed by atoms with E-state index in [1.807, 2.05) is 24.3 Å². The monoisotopic (exact) mass is 300 g/mol. The van der Waals surface area contributed by atoms with E-state index in [1.165, 1.54) is 0 Å². The Morgan fingerprint density at radius 1 is 1.00 bits per heavy atom. The van der Waals surface area contributed by atoms with Crippen LogP contribution in [0.4, 0.5) is 0 Å². The fourth-order valence-corrected chi connectivity index (χ4v) is 0.680. The van der Waals surface area contributed by atoms with E-state index in [9.17, 15) is 0 Å². The number of rotatable bonds is 0. The van der Waals surface area contributed by atoms with Gasteiger partial charge in [-0.05, 0) is 0 Å². The molecule has 0 aliphatic heterocycles. The molecule has 85 valence electrons. The van der Waals surface area contributed by atoms with Gasteiger partial charge in [0.25, 0.3) is 0 Å². The predicted molar refractivity (Wildman–Crippen MR) is 57.1 cm³/mol. The Bertz CT molecular complexity index is 226. The Kier molecular flexibility index (Phi) is 21.0. The molecule has 0 fully saturated rings. The molecule has 0 saturated heterocycles. The van der Waals surface area contributed by atoms with Gasteiger partial charge in [0.05, 0.1) is 5.09 Å². The van der Waals surface area contributed by atoms with E-state index in [4.69, 9.17) is 15.3 Å². The Morgan fingerprint density at radius 2 is 1.31 bits per heavy atom. The molecule has 0 bridgehead atoms. The van der Waals surface area contributed by atoms with Crippen molar-refractivity contribution in [2.24, 2.45) is 0 Å². The summed E-state index contributed by atoms with van der Waals surface area (Å²) in [6, 6.07) is 0. The first-order valence-corrected chi connectivity index (χ1v) is 3.98. The second kappa shape index (κ2) is 16.4. The minimum absolute atomic E-state index is 0. The quantitative estimate of drug-likeness (QED) is 0.385. The zero-order valence-electron chi connectivity index (χ0n) is 8.55. The molecule has 0 aromatic heterocycles. The molecular weight excluding hydrogens is 289 g/mol. The first-order chi connectivity index (χ1) is 6.73. The van der Waals surface area contributed by atoms with Crippen LogP contribution in [0.15, 0.2) is 36.5 Å². The zero-order valence-corrected chi connectivity index (χ0v) is 11.0. The third-order valence-electron chi connectivity index (χ3n) is 1.17. The molecule has 0 atom stereocenters. The third-order valence-corrected chi connectivity index (χ3v) is 1.17. The average molecular weight is 301 g/mol. The van der Waals surface area contributed by atoms with Crippen LogP contribution < -0.4 is 0 Å². The summed E-state index contributed by atoms with van der Waals surface area (Å²) in [4.78, 5) is 8.25. The summed E-state index contributed by atoms with van der Waals surface area (Å²) in [6.07, 6.45) is 20.0. The van der Waals surface area contributed by atoms with E-state index >= 15 is 0 Å². The number of allylic oxidation sites excluding steroid dienone is 8. The largest absolute Gasteiger partial charge is 3.00 e. The normalized spacial score (nSPS) is 12.5. The molecule has 0 aromatic carbocycles. The van der Waals surface area contributed by atoms with Crippen LogP contribution in [0.2, 0.25) is 0 Å². The van der Waals surface area contributed by atoms with Gasteiger partial charge in [-0.3, -0.25) is 12.2 Å². The van der Waals surface area contributed by atoms with Gasteiger partial charge in [-0.2, -0.15) is 12.2 Å². The van der Waals surface area contributed by atoms with Crippen LogP contribution in [-0.4, -0.2) is 10.6 Å². The van der Waals surface area contributed by atoms with Crippen LogP contribution in [0.5, 0.6) is 0 Å². The van der Waals surface area contributed by atoms with Gasteiger partial charge in [0.15, 0.2) is 0 Å². The molecule has 0 amide bonds. The molecular formula is C10H12NO4Zr. The molecule has 0 unspecified atom stereocenters. The summed E-state index contributed by atoms with van der Waals surface area (Å²) >= 11 is 0. The Labute approximate surface area is 113 Å². The van der Waals surface area contributed by atoms with Crippen LogP contribution in [0.3, 0.4) is 0 Å². The van der Waals surface area contributed by atoms with Gasteiger partial charge in [0.1, 0.15) is 0 Å². The Hall–Kier alpha value is -0.997. The van der Waals surface area contributed by atoms with Gasteiger partial charge in [-0.1, -0.05) is 0 Å². The first-order valence-electron chi connectivity index (χ1n) is 3.98. The minimum atomic E-state index is -1.75. The number of hydrogen-bond donors (Lipinski definition) is 0. The number of hydrogen-bond acceptors (Lipinski definition) is 3. The Balaban J connectivity index is -0.000000151. The fourth-order valence-electron chi connectivity index (χ4n) is 0.680. The van der Waals surface area contributed by atoms with Gasteiger partial charge in [0, 0.05) is 0 Å². The standard InChI is InChI=1S/2C5H5.NO3.H2O.Zr/c2*1-2-4-5-3-1;2-1(3)4;;/h2*1-3H,4H2;;1H2;/q3*-1;;+3. The Morgan fingerprint density at radius 3 is 1.38 bits per heavy atom. The molecule has 16 heavy (non-hydrogen) atoms. The maximum atomic E-state index is 8.25. The van der Waals surface area contributed by atoms with Crippen molar-refractivity contribution in [2.75, 3.05) is 0 Å². The predicted octanol–water partition coefficient (Wildman–Crippen LogP) is 1.55. The molecule has 6 heteroatoms. The maximum Gasteiger partial charge on any atom is 3.00 e. The van der Waals surface area contributed by atoms with Crippen LogP contribution in [0, 0.1) is 27.5 Å². The second-order valence-corrected chi connectivity index (χ2v) is 2.23. The smallest absolute Gasteiger partial charge is 0.412 e. The second-order valence-electron chi connectivity index (χ2n) is 2.23. The molecule has 1 radical (unpaired) electrons. The molecule has 2 rings (SSSR count). The fraction of sp³-hybridized carbons (Fsp3) is 0.200. The van der Waals surface area contributed by atoms with Crippen molar-refractivity contribution in [1.29, 1.82) is 0 Å². The summed E-state index contributed by atoms with van der Waals surface area (Å²) in [7, 11) is 0. The molecule has 0 saturated carbocycles. The van der Waals surface area contributed by atoms with Crippen molar-refractivity contribution >= 4 is 0 Å². The molecule has 5 nitrogen and oxygen atoms in total. The van der Waals surface area contributed by atoms with Gasteiger partial charge >= 0.3 is 26.2 Å². The summed E-state index contributed by atoms with van der Waals surface area (Å²) in [5.74, 6) is 0. The van der Waals surface area contributed by atoms with E-state index in [0.717, 1.165) is 12.8 Å². The minimum Gasteiger partial charge on any atom is -0.412 e. The van der Waals surface area contributed by atoms with E-state index < -0.39 is 5.09 Å². The van der Waals surface area contributed by atoms with Crippen molar-refractivity contribution < 1.29 is 36.8 Å². The van der Waals surface area contributed by atoms with E-state index in [2.05, 4.69) is 24.3 Å². The van der Waals surface area contributed by atoms with Crippen molar-refractivity contribution in [3.8, 4) is 0 Å². The van der Waals surface area contributed by atoms with Gasteiger partial charge < -0.3 is 20.8 Å². The van der Waals surface area contributed by atoms with Crippen LogP contribution in [-0.2, 0) is 26.2 Å². The van der Waals surface area contributed by atoms with Crippen molar-refractivity contribution in [3.05, 3.63) is 63.9 Å². The van der Waals surface area contributed by atoms with Crippen LogP contribution in [0.1, 0.15) is 12.8 Å². The summed E-state index contributed by atoms with van der Waals surface area (Å²) < 4.78 is 0.